The highest BCUT2D eigenvalue weighted by atomic mass is 16.5. The molecule has 0 aliphatic rings. The molecule has 0 aromatic rings. The SMILES string of the molecule is CCCOCCN(CCC(N)=NO)C(C)C. The van der Waals surface area contributed by atoms with Crippen LogP contribution in [0, 0.1) is 0 Å². The van der Waals surface area contributed by atoms with Crippen molar-refractivity contribution >= 4 is 5.84 Å². The Morgan fingerprint density at radius 1 is 1.38 bits per heavy atom. The Hall–Kier alpha value is -0.810. The lowest BCUT2D eigenvalue weighted by molar-refractivity contribution is 0.0941. The van der Waals surface area contributed by atoms with Gasteiger partial charge in [0.25, 0.3) is 0 Å². The smallest absolute Gasteiger partial charge is 0.140 e. The molecule has 0 heterocycles. The van der Waals surface area contributed by atoms with Crippen LogP contribution in [-0.4, -0.2) is 48.3 Å². The van der Waals surface area contributed by atoms with Crippen molar-refractivity contribution in [2.24, 2.45) is 10.9 Å². The zero-order valence-corrected chi connectivity index (χ0v) is 10.6. The Kier molecular flexibility index (Phi) is 8.94. The van der Waals surface area contributed by atoms with Gasteiger partial charge in [-0.1, -0.05) is 12.1 Å². The number of hydrogen-bond donors (Lipinski definition) is 2. The van der Waals surface area contributed by atoms with Gasteiger partial charge in [-0.2, -0.15) is 0 Å². The van der Waals surface area contributed by atoms with Crippen molar-refractivity contribution < 1.29 is 9.94 Å². The van der Waals surface area contributed by atoms with Crippen molar-refractivity contribution in [3.63, 3.8) is 0 Å². The summed E-state index contributed by atoms with van der Waals surface area (Å²) in [6.45, 7) is 9.59. The minimum Gasteiger partial charge on any atom is -0.409 e. The monoisotopic (exact) mass is 231 g/mol. The first kappa shape index (κ1) is 15.2. The molecular formula is C11H25N3O2. The fourth-order valence-electron chi connectivity index (χ4n) is 1.36. The molecule has 0 unspecified atom stereocenters. The Morgan fingerprint density at radius 3 is 2.56 bits per heavy atom. The van der Waals surface area contributed by atoms with Crippen molar-refractivity contribution in [1.29, 1.82) is 0 Å². The maximum Gasteiger partial charge on any atom is 0.140 e. The van der Waals surface area contributed by atoms with Gasteiger partial charge in [-0.05, 0) is 20.3 Å². The van der Waals surface area contributed by atoms with Gasteiger partial charge >= 0.3 is 0 Å². The predicted octanol–water partition coefficient (Wildman–Crippen LogP) is 1.26. The van der Waals surface area contributed by atoms with Gasteiger partial charge in [0.1, 0.15) is 5.84 Å². The Morgan fingerprint density at radius 2 is 2.06 bits per heavy atom. The van der Waals surface area contributed by atoms with Crippen LogP contribution in [0.2, 0.25) is 0 Å². The molecule has 0 spiro atoms. The zero-order valence-electron chi connectivity index (χ0n) is 10.6. The Bertz CT molecular complexity index is 196. The molecule has 0 radical (unpaired) electrons. The molecule has 0 aromatic heterocycles. The molecule has 16 heavy (non-hydrogen) atoms. The third kappa shape index (κ3) is 7.48. The number of nitrogens with two attached hydrogens (primary N) is 1. The normalized spacial score (nSPS) is 12.7. The second-order valence-corrected chi connectivity index (χ2v) is 4.08. The second kappa shape index (κ2) is 9.42. The Labute approximate surface area is 98.2 Å². The lowest BCUT2D eigenvalue weighted by Crippen LogP contribution is -2.36. The fraction of sp³-hybridized carbons (Fsp3) is 0.909. The standard InChI is InChI=1S/C11H25N3O2/c1-4-8-16-9-7-14(10(2)3)6-5-11(12)13-15/h10,15H,4-9H2,1-3H3,(H2,12,13). The van der Waals surface area contributed by atoms with E-state index < -0.39 is 0 Å². The highest BCUT2D eigenvalue weighted by Crippen LogP contribution is 2.00. The molecule has 0 amide bonds. The lowest BCUT2D eigenvalue weighted by Gasteiger charge is -2.25. The summed E-state index contributed by atoms with van der Waals surface area (Å²) in [6, 6.07) is 0.441. The highest BCUT2D eigenvalue weighted by molar-refractivity contribution is 5.79. The van der Waals surface area contributed by atoms with E-state index in [2.05, 4.69) is 30.8 Å². The van der Waals surface area contributed by atoms with Crippen LogP contribution in [0.4, 0.5) is 0 Å². The van der Waals surface area contributed by atoms with Crippen LogP contribution in [0.1, 0.15) is 33.6 Å². The van der Waals surface area contributed by atoms with E-state index in [0.29, 0.717) is 12.5 Å². The summed E-state index contributed by atoms with van der Waals surface area (Å²) in [4.78, 5) is 2.26. The molecule has 3 N–H and O–H groups in total. The molecule has 96 valence electrons. The number of rotatable bonds is 9. The molecule has 0 aromatic carbocycles. The first-order valence-corrected chi connectivity index (χ1v) is 5.90. The topological polar surface area (TPSA) is 71.1 Å². The van der Waals surface area contributed by atoms with Gasteiger partial charge in [0.15, 0.2) is 0 Å². The van der Waals surface area contributed by atoms with Crippen LogP contribution in [0.3, 0.4) is 0 Å². The molecule has 0 atom stereocenters. The van der Waals surface area contributed by atoms with E-state index >= 15 is 0 Å². The van der Waals surface area contributed by atoms with E-state index in [9.17, 15) is 0 Å². The van der Waals surface area contributed by atoms with Gasteiger partial charge in [-0.25, -0.2) is 0 Å². The summed E-state index contributed by atoms with van der Waals surface area (Å²) in [5, 5.41) is 11.4. The van der Waals surface area contributed by atoms with Crippen LogP contribution in [-0.2, 0) is 4.74 Å². The van der Waals surface area contributed by atoms with Gasteiger partial charge < -0.3 is 15.7 Å². The van der Waals surface area contributed by atoms with E-state index in [1.807, 2.05) is 0 Å². The van der Waals surface area contributed by atoms with E-state index in [1.165, 1.54) is 0 Å². The molecule has 0 saturated heterocycles. The predicted molar refractivity (Wildman–Crippen MR) is 65.8 cm³/mol. The third-order valence-electron chi connectivity index (χ3n) is 2.39. The largest absolute Gasteiger partial charge is 0.409 e. The van der Waals surface area contributed by atoms with Gasteiger partial charge in [-0.15, -0.1) is 0 Å². The molecule has 0 aliphatic carbocycles. The molecule has 0 fully saturated rings. The number of oxime groups is 1. The highest BCUT2D eigenvalue weighted by Gasteiger charge is 2.09. The van der Waals surface area contributed by atoms with Crippen LogP contribution < -0.4 is 5.73 Å². The fourth-order valence-corrected chi connectivity index (χ4v) is 1.36. The van der Waals surface area contributed by atoms with Crippen LogP contribution >= 0.6 is 0 Å². The van der Waals surface area contributed by atoms with Crippen molar-refractivity contribution in [3.05, 3.63) is 0 Å². The molecule has 0 bridgehead atoms. The number of nitrogens with zero attached hydrogens (tertiary/aromatic N) is 2. The maximum atomic E-state index is 8.45. The van der Waals surface area contributed by atoms with Gasteiger partial charge in [0, 0.05) is 32.2 Å². The molecular weight excluding hydrogens is 206 g/mol. The summed E-state index contributed by atoms with van der Waals surface area (Å²) in [5.41, 5.74) is 5.44. The summed E-state index contributed by atoms with van der Waals surface area (Å²) < 4.78 is 5.44. The van der Waals surface area contributed by atoms with E-state index in [1.54, 1.807) is 0 Å². The molecule has 0 aliphatic heterocycles. The number of ether oxygens (including phenoxy) is 1. The number of amidine groups is 1. The molecule has 5 nitrogen and oxygen atoms in total. The number of hydrogen-bond acceptors (Lipinski definition) is 4. The van der Waals surface area contributed by atoms with Crippen LogP contribution in [0.5, 0.6) is 0 Å². The van der Waals surface area contributed by atoms with E-state index in [4.69, 9.17) is 15.7 Å². The van der Waals surface area contributed by atoms with Gasteiger partial charge in [-0.3, -0.25) is 4.90 Å². The maximum absolute atomic E-state index is 8.45. The second-order valence-electron chi connectivity index (χ2n) is 4.08. The summed E-state index contributed by atoms with van der Waals surface area (Å²) in [6.07, 6.45) is 1.63. The average molecular weight is 231 g/mol. The molecule has 5 heteroatoms. The minimum absolute atomic E-state index is 0.278. The first-order valence-electron chi connectivity index (χ1n) is 5.90. The molecule has 0 rings (SSSR count). The Balaban J connectivity index is 3.80. The van der Waals surface area contributed by atoms with Gasteiger partial charge in [0.05, 0.1) is 6.61 Å². The van der Waals surface area contributed by atoms with Crippen LogP contribution in [0.15, 0.2) is 5.16 Å². The average Bonchev–Trinajstić information content (AvgIpc) is 2.27. The minimum atomic E-state index is 0.278. The summed E-state index contributed by atoms with van der Waals surface area (Å²) >= 11 is 0. The van der Waals surface area contributed by atoms with Crippen molar-refractivity contribution in [2.75, 3.05) is 26.3 Å². The van der Waals surface area contributed by atoms with Crippen LogP contribution in [0.25, 0.3) is 0 Å². The zero-order chi connectivity index (χ0) is 12.4. The molecule has 0 saturated carbocycles. The summed E-state index contributed by atoms with van der Waals surface area (Å²) in [5.74, 6) is 0.278. The lowest BCUT2D eigenvalue weighted by atomic mass is 10.2. The first-order chi connectivity index (χ1) is 7.61. The van der Waals surface area contributed by atoms with E-state index in [-0.39, 0.29) is 5.84 Å². The van der Waals surface area contributed by atoms with Crippen molar-refractivity contribution in [1.82, 2.24) is 4.90 Å². The van der Waals surface area contributed by atoms with Crippen molar-refractivity contribution in [3.8, 4) is 0 Å². The summed E-state index contributed by atoms with van der Waals surface area (Å²) in [7, 11) is 0. The third-order valence-corrected chi connectivity index (χ3v) is 2.39. The van der Waals surface area contributed by atoms with Gasteiger partial charge in [0.2, 0.25) is 0 Å². The van der Waals surface area contributed by atoms with Crippen molar-refractivity contribution in [2.45, 2.75) is 39.7 Å². The van der Waals surface area contributed by atoms with E-state index in [0.717, 1.165) is 32.7 Å². The quantitative estimate of drug-likeness (QED) is 0.206.